The third-order valence-corrected chi connectivity index (χ3v) is 4.08. The lowest BCUT2D eigenvalue weighted by molar-refractivity contribution is -0.139. The van der Waals surface area contributed by atoms with Crippen molar-refractivity contribution in [2.45, 2.75) is 25.3 Å². The van der Waals surface area contributed by atoms with Crippen LogP contribution < -0.4 is 5.32 Å². The number of ketones is 1. The maximum atomic E-state index is 11.9. The van der Waals surface area contributed by atoms with E-state index in [4.69, 9.17) is 21.1 Å². The highest BCUT2D eigenvalue weighted by atomic mass is 35.5. The molecule has 0 aromatic heterocycles. The van der Waals surface area contributed by atoms with Crippen molar-refractivity contribution in [3.63, 3.8) is 0 Å². The Morgan fingerprint density at radius 1 is 1.36 bits per heavy atom. The van der Waals surface area contributed by atoms with Crippen LogP contribution in [0.25, 0.3) is 0 Å². The number of nitrogens with one attached hydrogen (secondary N) is 1. The van der Waals surface area contributed by atoms with Crippen molar-refractivity contribution in [3.8, 4) is 0 Å². The number of esters is 1. The van der Waals surface area contributed by atoms with Crippen LogP contribution in [-0.2, 0) is 24.6 Å². The molecule has 0 bridgehead atoms. The second kappa shape index (κ2) is 5.65. The van der Waals surface area contributed by atoms with Crippen LogP contribution in [0.4, 0.5) is 0 Å². The van der Waals surface area contributed by atoms with Gasteiger partial charge in [0.25, 0.3) is 0 Å². The first-order valence-electron chi connectivity index (χ1n) is 7.17. The molecule has 1 heterocycles. The van der Waals surface area contributed by atoms with E-state index in [9.17, 15) is 9.59 Å². The monoisotopic (exact) mass is 321 g/mol. The van der Waals surface area contributed by atoms with Crippen molar-refractivity contribution >= 4 is 23.4 Å². The number of benzene rings is 1. The van der Waals surface area contributed by atoms with Gasteiger partial charge >= 0.3 is 5.97 Å². The van der Waals surface area contributed by atoms with E-state index in [0.29, 0.717) is 5.02 Å². The van der Waals surface area contributed by atoms with Crippen molar-refractivity contribution in [2.24, 2.45) is 0 Å². The van der Waals surface area contributed by atoms with Crippen molar-refractivity contribution in [2.75, 3.05) is 13.2 Å². The van der Waals surface area contributed by atoms with Gasteiger partial charge in [0, 0.05) is 5.02 Å². The van der Waals surface area contributed by atoms with Crippen LogP contribution >= 0.6 is 11.6 Å². The smallest absolute Gasteiger partial charge is 0.347 e. The SMILES string of the molecule is CCOC(=O)C1=C(NC2(c3ccc(Cl)cc3)CC2)OCC1=O. The van der Waals surface area contributed by atoms with E-state index in [1.54, 1.807) is 6.92 Å². The number of Topliss-reactive ketones (excluding diaryl/α,β-unsaturated/α-hetero) is 1. The summed E-state index contributed by atoms with van der Waals surface area (Å²) in [5.41, 5.74) is 0.722. The molecule has 1 aliphatic carbocycles. The molecule has 2 aliphatic rings. The minimum atomic E-state index is -0.639. The Hall–Kier alpha value is -2.01. The molecule has 0 spiro atoms. The molecule has 0 atom stereocenters. The zero-order chi connectivity index (χ0) is 15.7. The topological polar surface area (TPSA) is 64.6 Å². The van der Waals surface area contributed by atoms with Gasteiger partial charge in [-0.25, -0.2) is 4.79 Å². The van der Waals surface area contributed by atoms with Gasteiger partial charge in [0.05, 0.1) is 12.1 Å². The Bertz CT molecular complexity index is 647. The minimum absolute atomic E-state index is 0.0258. The average Bonchev–Trinajstić information content (AvgIpc) is 3.17. The lowest BCUT2D eigenvalue weighted by Gasteiger charge is -2.20. The van der Waals surface area contributed by atoms with Crippen LogP contribution in [0, 0.1) is 0 Å². The Morgan fingerprint density at radius 3 is 2.64 bits per heavy atom. The molecular formula is C16H16ClNO4. The van der Waals surface area contributed by atoms with Gasteiger partial charge < -0.3 is 14.8 Å². The number of rotatable bonds is 5. The summed E-state index contributed by atoms with van der Waals surface area (Å²) in [4.78, 5) is 23.8. The summed E-state index contributed by atoms with van der Waals surface area (Å²) in [7, 11) is 0. The number of carbonyl (C=O) groups excluding carboxylic acids is 2. The first-order valence-corrected chi connectivity index (χ1v) is 7.55. The lowest BCUT2D eigenvalue weighted by Crippen LogP contribution is -2.30. The van der Waals surface area contributed by atoms with E-state index in [1.165, 1.54) is 0 Å². The fraction of sp³-hybridized carbons (Fsp3) is 0.375. The zero-order valence-corrected chi connectivity index (χ0v) is 12.9. The van der Waals surface area contributed by atoms with E-state index in [0.717, 1.165) is 18.4 Å². The summed E-state index contributed by atoms with van der Waals surface area (Å²) in [5.74, 6) is -0.775. The molecule has 0 amide bonds. The van der Waals surface area contributed by atoms with Gasteiger partial charge in [0.2, 0.25) is 11.7 Å². The maximum absolute atomic E-state index is 11.9. The molecule has 5 nitrogen and oxygen atoms in total. The fourth-order valence-corrected chi connectivity index (χ4v) is 2.64. The number of carbonyl (C=O) groups is 2. The predicted octanol–water partition coefficient (Wildman–Crippen LogP) is 2.29. The van der Waals surface area contributed by atoms with E-state index < -0.39 is 5.97 Å². The van der Waals surface area contributed by atoms with Crippen molar-refractivity contribution in [1.82, 2.24) is 5.32 Å². The summed E-state index contributed by atoms with van der Waals surface area (Å²) in [6, 6.07) is 7.51. The van der Waals surface area contributed by atoms with Gasteiger partial charge in [0.1, 0.15) is 0 Å². The van der Waals surface area contributed by atoms with Crippen molar-refractivity contribution in [1.29, 1.82) is 0 Å². The molecule has 1 fully saturated rings. The molecular weight excluding hydrogens is 306 g/mol. The summed E-state index contributed by atoms with van der Waals surface area (Å²) in [6.07, 6.45) is 1.79. The fourth-order valence-electron chi connectivity index (χ4n) is 2.51. The molecule has 0 unspecified atom stereocenters. The first kappa shape index (κ1) is 14.9. The molecule has 0 radical (unpaired) electrons. The van der Waals surface area contributed by atoms with Gasteiger partial charge in [-0.1, -0.05) is 23.7 Å². The standard InChI is InChI=1S/C16H16ClNO4/c1-2-21-15(20)13-12(19)9-22-14(13)18-16(7-8-16)10-3-5-11(17)6-4-10/h3-6,18H,2,7-9H2,1H3. The molecule has 1 aliphatic heterocycles. The normalized spacial score (nSPS) is 18.9. The van der Waals surface area contributed by atoms with Gasteiger partial charge in [-0.2, -0.15) is 0 Å². The van der Waals surface area contributed by atoms with E-state index in [1.807, 2.05) is 24.3 Å². The summed E-state index contributed by atoms with van der Waals surface area (Å²) < 4.78 is 10.3. The Labute approximate surface area is 133 Å². The van der Waals surface area contributed by atoms with E-state index in [2.05, 4.69) is 5.32 Å². The van der Waals surface area contributed by atoms with Crippen LogP contribution in [0.5, 0.6) is 0 Å². The van der Waals surface area contributed by atoms with Gasteiger partial charge in [-0.3, -0.25) is 4.79 Å². The Morgan fingerprint density at radius 2 is 2.05 bits per heavy atom. The number of ether oxygens (including phenoxy) is 2. The van der Waals surface area contributed by atoms with Gasteiger partial charge in [0.15, 0.2) is 12.2 Å². The van der Waals surface area contributed by atoms with Crippen LogP contribution in [0.15, 0.2) is 35.7 Å². The molecule has 1 aromatic rings. The second-order valence-corrected chi connectivity index (χ2v) is 5.79. The molecule has 22 heavy (non-hydrogen) atoms. The molecule has 1 N–H and O–H groups in total. The van der Waals surface area contributed by atoms with Gasteiger partial charge in [-0.05, 0) is 37.5 Å². The highest BCUT2D eigenvalue weighted by Gasteiger charge is 2.47. The van der Waals surface area contributed by atoms with Gasteiger partial charge in [-0.15, -0.1) is 0 Å². The Balaban J connectivity index is 1.86. The highest BCUT2D eigenvalue weighted by molar-refractivity contribution is 6.30. The first-order chi connectivity index (χ1) is 10.6. The van der Waals surface area contributed by atoms with Crippen LogP contribution in [0.2, 0.25) is 5.02 Å². The number of hydrogen-bond donors (Lipinski definition) is 1. The van der Waals surface area contributed by atoms with Crippen LogP contribution in [0.3, 0.4) is 0 Å². The molecule has 1 aromatic carbocycles. The molecule has 116 valence electrons. The quantitative estimate of drug-likeness (QED) is 0.666. The largest absolute Gasteiger partial charge is 0.470 e. The number of hydrogen-bond acceptors (Lipinski definition) is 5. The molecule has 0 saturated heterocycles. The third kappa shape index (κ3) is 2.68. The van der Waals surface area contributed by atoms with E-state index in [-0.39, 0.29) is 36.0 Å². The van der Waals surface area contributed by atoms with Crippen molar-refractivity contribution < 1.29 is 19.1 Å². The van der Waals surface area contributed by atoms with Crippen LogP contribution in [0.1, 0.15) is 25.3 Å². The minimum Gasteiger partial charge on any atom is -0.470 e. The summed E-state index contributed by atoms with van der Waals surface area (Å²) in [5, 5.41) is 3.88. The zero-order valence-electron chi connectivity index (χ0n) is 12.1. The average molecular weight is 322 g/mol. The Kier molecular flexibility index (Phi) is 3.83. The lowest BCUT2D eigenvalue weighted by atomic mass is 10.0. The second-order valence-electron chi connectivity index (χ2n) is 5.35. The molecule has 1 saturated carbocycles. The van der Waals surface area contributed by atoms with E-state index >= 15 is 0 Å². The highest BCUT2D eigenvalue weighted by Crippen LogP contribution is 2.47. The summed E-state index contributed by atoms with van der Waals surface area (Å²) >= 11 is 5.91. The third-order valence-electron chi connectivity index (χ3n) is 3.83. The summed E-state index contributed by atoms with van der Waals surface area (Å²) in [6.45, 7) is 1.78. The maximum Gasteiger partial charge on any atom is 0.347 e. The van der Waals surface area contributed by atoms with Crippen LogP contribution in [-0.4, -0.2) is 25.0 Å². The van der Waals surface area contributed by atoms with Crippen molar-refractivity contribution in [3.05, 3.63) is 46.3 Å². The molecule has 3 rings (SSSR count). The predicted molar refractivity (Wildman–Crippen MR) is 80.1 cm³/mol. The molecule has 6 heteroatoms. The number of halogens is 1.